The minimum Gasteiger partial charge on any atom is -0.374 e. The Labute approximate surface area is 118 Å². The quantitative estimate of drug-likeness (QED) is 0.887. The SMILES string of the molecule is CC(Nc1ccc(F)c(C#N)c1)C(=O)NC1CCCC1. The molecule has 1 unspecified atom stereocenters. The Morgan fingerprint density at radius 2 is 2.15 bits per heavy atom. The maximum atomic E-state index is 13.2. The molecule has 106 valence electrons. The summed E-state index contributed by atoms with van der Waals surface area (Å²) in [6, 6.07) is 5.79. The Hall–Kier alpha value is -2.09. The number of hydrogen-bond donors (Lipinski definition) is 2. The number of hydrogen-bond acceptors (Lipinski definition) is 3. The Morgan fingerprint density at radius 3 is 2.80 bits per heavy atom. The summed E-state index contributed by atoms with van der Waals surface area (Å²) in [7, 11) is 0. The summed E-state index contributed by atoms with van der Waals surface area (Å²) in [6.07, 6.45) is 4.40. The van der Waals surface area contributed by atoms with Crippen molar-refractivity contribution in [3.8, 4) is 6.07 Å². The lowest BCUT2D eigenvalue weighted by atomic mass is 10.2. The van der Waals surface area contributed by atoms with Gasteiger partial charge in [0, 0.05) is 11.7 Å². The molecule has 1 aliphatic rings. The fourth-order valence-electron chi connectivity index (χ4n) is 2.41. The molecule has 0 aromatic heterocycles. The van der Waals surface area contributed by atoms with E-state index in [1.165, 1.54) is 18.2 Å². The molecule has 2 N–H and O–H groups in total. The lowest BCUT2D eigenvalue weighted by Crippen LogP contribution is -2.42. The number of carbonyl (C=O) groups is 1. The summed E-state index contributed by atoms with van der Waals surface area (Å²) in [4.78, 5) is 12.0. The lowest BCUT2D eigenvalue weighted by molar-refractivity contribution is -0.122. The van der Waals surface area contributed by atoms with E-state index in [0.29, 0.717) is 5.69 Å². The largest absolute Gasteiger partial charge is 0.374 e. The van der Waals surface area contributed by atoms with Crippen LogP contribution in [-0.2, 0) is 4.79 Å². The fraction of sp³-hybridized carbons (Fsp3) is 0.467. The van der Waals surface area contributed by atoms with Gasteiger partial charge < -0.3 is 10.6 Å². The summed E-state index contributed by atoms with van der Waals surface area (Å²) in [5.74, 6) is -0.624. The average molecular weight is 275 g/mol. The van der Waals surface area contributed by atoms with E-state index >= 15 is 0 Å². The topological polar surface area (TPSA) is 64.9 Å². The standard InChI is InChI=1S/C15H18FN3O/c1-10(15(20)19-12-4-2-3-5-12)18-13-6-7-14(16)11(8-13)9-17/h6-8,10,12,18H,2-5H2,1H3,(H,19,20). The molecular formula is C15H18FN3O. The van der Waals surface area contributed by atoms with Crippen LogP contribution in [0, 0.1) is 17.1 Å². The first-order chi connectivity index (χ1) is 9.60. The first-order valence-electron chi connectivity index (χ1n) is 6.86. The normalized spacial score (nSPS) is 16.4. The van der Waals surface area contributed by atoms with E-state index in [0.717, 1.165) is 25.7 Å². The molecule has 1 atom stereocenters. The van der Waals surface area contributed by atoms with Gasteiger partial charge in [-0.25, -0.2) is 4.39 Å². The lowest BCUT2D eigenvalue weighted by Gasteiger charge is -2.18. The molecule has 0 saturated heterocycles. The van der Waals surface area contributed by atoms with Gasteiger partial charge in [-0.05, 0) is 38.0 Å². The highest BCUT2D eigenvalue weighted by atomic mass is 19.1. The van der Waals surface area contributed by atoms with Crippen LogP contribution in [0.3, 0.4) is 0 Å². The van der Waals surface area contributed by atoms with Gasteiger partial charge in [0.15, 0.2) is 0 Å². The van der Waals surface area contributed by atoms with Crippen molar-refractivity contribution in [1.82, 2.24) is 5.32 Å². The van der Waals surface area contributed by atoms with Crippen LogP contribution < -0.4 is 10.6 Å². The number of nitriles is 1. The van der Waals surface area contributed by atoms with E-state index in [1.807, 2.05) is 0 Å². The molecule has 2 rings (SSSR count). The van der Waals surface area contributed by atoms with Crippen LogP contribution in [0.15, 0.2) is 18.2 Å². The summed E-state index contributed by atoms with van der Waals surface area (Å²) in [6.45, 7) is 1.75. The van der Waals surface area contributed by atoms with Crippen LogP contribution in [-0.4, -0.2) is 18.0 Å². The van der Waals surface area contributed by atoms with Crippen molar-refractivity contribution in [3.63, 3.8) is 0 Å². The van der Waals surface area contributed by atoms with Gasteiger partial charge in [-0.15, -0.1) is 0 Å². The molecule has 0 spiro atoms. The monoisotopic (exact) mass is 275 g/mol. The Kier molecular flexibility index (Phi) is 4.57. The average Bonchev–Trinajstić information content (AvgIpc) is 2.93. The molecule has 20 heavy (non-hydrogen) atoms. The minimum atomic E-state index is -0.555. The molecule has 4 nitrogen and oxygen atoms in total. The highest BCUT2D eigenvalue weighted by molar-refractivity contribution is 5.84. The zero-order valence-corrected chi connectivity index (χ0v) is 11.4. The van der Waals surface area contributed by atoms with E-state index in [2.05, 4.69) is 10.6 Å². The van der Waals surface area contributed by atoms with Crippen molar-refractivity contribution < 1.29 is 9.18 Å². The number of nitrogens with zero attached hydrogens (tertiary/aromatic N) is 1. The Balaban J connectivity index is 1.94. The summed E-state index contributed by atoms with van der Waals surface area (Å²) < 4.78 is 13.2. The highest BCUT2D eigenvalue weighted by Gasteiger charge is 2.20. The second kappa shape index (κ2) is 6.38. The van der Waals surface area contributed by atoms with Gasteiger partial charge in [0.1, 0.15) is 17.9 Å². The van der Waals surface area contributed by atoms with Crippen LogP contribution in [0.25, 0.3) is 0 Å². The van der Waals surface area contributed by atoms with Crippen LogP contribution >= 0.6 is 0 Å². The number of nitrogens with one attached hydrogen (secondary N) is 2. The maximum Gasteiger partial charge on any atom is 0.242 e. The first-order valence-corrected chi connectivity index (χ1v) is 6.86. The fourth-order valence-corrected chi connectivity index (χ4v) is 2.41. The number of anilines is 1. The third-order valence-electron chi connectivity index (χ3n) is 3.56. The van der Waals surface area contributed by atoms with Crippen LogP contribution in [0.1, 0.15) is 38.2 Å². The van der Waals surface area contributed by atoms with E-state index in [4.69, 9.17) is 5.26 Å². The zero-order valence-electron chi connectivity index (χ0n) is 11.4. The molecule has 1 fully saturated rings. The number of halogens is 1. The van der Waals surface area contributed by atoms with Crippen molar-refractivity contribution in [1.29, 1.82) is 5.26 Å². The minimum absolute atomic E-state index is 0.0293. The molecule has 1 aromatic rings. The maximum absolute atomic E-state index is 13.2. The van der Waals surface area contributed by atoms with E-state index in [1.54, 1.807) is 13.0 Å². The number of rotatable bonds is 4. The molecule has 0 heterocycles. The van der Waals surface area contributed by atoms with Crippen molar-refractivity contribution in [2.24, 2.45) is 0 Å². The van der Waals surface area contributed by atoms with E-state index < -0.39 is 11.9 Å². The third-order valence-corrected chi connectivity index (χ3v) is 3.56. The van der Waals surface area contributed by atoms with Crippen LogP contribution in [0.2, 0.25) is 0 Å². The van der Waals surface area contributed by atoms with Gasteiger partial charge in [-0.3, -0.25) is 4.79 Å². The molecular weight excluding hydrogens is 257 g/mol. The van der Waals surface area contributed by atoms with Gasteiger partial charge in [0.2, 0.25) is 5.91 Å². The molecule has 1 saturated carbocycles. The predicted octanol–water partition coefficient (Wildman–Crippen LogP) is 2.56. The van der Waals surface area contributed by atoms with Crippen molar-refractivity contribution >= 4 is 11.6 Å². The Morgan fingerprint density at radius 1 is 1.45 bits per heavy atom. The smallest absolute Gasteiger partial charge is 0.242 e. The van der Waals surface area contributed by atoms with Gasteiger partial charge in [0.05, 0.1) is 5.56 Å². The molecule has 5 heteroatoms. The Bertz CT molecular complexity index is 532. The third kappa shape index (κ3) is 3.47. The van der Waals surface area contributed by atoms with Crippen molar-refractivity contribution in [2.45, 2.75) is 44.7 Å². The molecule has 0 radical (unpaired) electrons. The zero-order chi connectivity index (χ0) is 14.5. The van der Waals surface area contributed by atoms with Gasteiger partial charge >= 0.3 is 0 Å². The second-order valence-corrected chi connectivity index (χ2v) is 5.16. The number of amides is 1. The molecule has 1 aliphatic carbocycles. The predicted molar refractivity (Wildman–Crippen MR) is 74.6 cm³/mol. The molecule has 0 aliphatic heterocycles. The number of benzene rings is 1. The first kappa shape index (κ1) is 14.3. The van der Waals surface area contributed by atoms with Crippen molar-refractivity contribution in [2.75, 3.05) is 5.32 Å². The second-order valence-electron chi connectivity index (χ2n) is 5.16. The van der Waals surface area contributed by atoms with Crippen molar-refractivity contribution in [3.05, 3.63) is 29.6 Å². The summed E-state index contributed by atoms with van der Waals surface area (Å²) in [5.41, 5.74) is 0.537. The van der Waals surface area contributed by atoms with Gasteiger partial charge in [-0.1, -0.05) is 12.8 Å². The van der Waals surface area contributed by atoms with E-state index in [9.17, 15) is 9.18 Å². The number of carbonyl (C=O) groups excluding carboxylic acids is 1. The summed E-state index contributed by atoms with van der Waals surface area (Å²) >= 11 is 0. The van der Waals surface area contributed by atoms with Crippen LogP contribution in [0.4, 0.5) is 10.1 Å². The van der Waals surface area contributed by atoms with Crippen LogP contribution in [0.5, 0.6) is 0 Å². The summed E-state index contributed by atoms with van der Waals surface area (Å²) in [5, 5.41) is 14.8. The molecule has 0 bridgehead atoms. The molecule has 1 aromatic carbocycles. The van der Waals surface area contributed by atoms with Gasteiger partial charge in [-0.2, -0.15) is 5.26 Å². The van der Waals surface area contributed by atoms with Gasteiger partial charge in [0.25, 0.3) is 0 Å². The molecule has 1 amide bonds. The highest BCUT2D eigenvalue weighted by Crippen LogP contribution is 2.18. The van der Waals surface area contributed by atoms with E-state index in [-0.39, 0.29) is 17.5 Å².